The van der Waals surface area contributed by atoms with Crippen molar-refractivity contribution in [1.82, 2.24) is 4.98 Å². The van der Waals surface area contributed by atoms with Gasteiger partial charge in [0.05, 0.1) is 18.4 Å². The number of nitrogens with one attached hydrogen (secondary N) is 1. The minimum absolute atomic E-state index is 0.224. The van der Waals surface area contributed by atoms with Crippen LogP contribution in [0.4, 0.5) is 15.9 Å². The molecule has 0 aliphatic rings. The summed E-state index contributed by atoms with van der Waals surface area (Å²) in [5.74, 6) is -0.425. The van der Waals surface area contributed by atoms with Gasteiger partial charge in [0.25, 0.3) is 0 Å². The SMILES string of the molecule is COC(=O)c1ccnc(NCc2ccc(F)cc2)c1N. The molecule has 104 valence electrons. The number of hydrogen-bond donors (Lipinski definition) is 2. The second-order valence-electron chi connectivity index (χ2n) is 4.09. The largest absolute Gasteiger partial charge is 0.465 e. The average molecular weight is 275 g/mol. The number of hydrogen-bond acceptors (Lipinski definition) is 5. The molecule has 0 radical (unpaired) electrons. The van der Waals surface area contributed by atoms with Crippen LogP contribution in [-0.2, 0) is 11.3 Å². The number of nitrogens with zero attached hydrogens (tertiary/aromatic N) is 1. The molecule has 0 aliphatic carbocycles. The third-order valence-corrected chi connectivity index (χ3v) is 2.77. The Kier molecular flexibility index (Phi) is 4.14. The highest BCUT2D eigenvalue weighted by Crippen LogP contribution is 2.21. The fraction of sp³-hybridized carbons (Fsp3) is 0.143. The molecule has 0 unspecified atom stereocenters. The molecule has 0 spiro atoms. The number of carbonyl (C=O) groups is 1. The Labute approximate surface area is 115 Å². The van der Waals surface area contributed by atoms with Crippen LogP contribution in [0.25, 0.3) is 0 Å². The highest BCUT2D eigenvalue weighted by Gasteiger charge is 2.13. The van der Waals surface area contributed by atoms with E-state index < -0.39 is 5.97 Å². The quantitative estimate of drug-likeness (QED) is 0.836. The number of rotatable bonds is 4. The van der Waals surface area contributed by atoms with Crippen molar-refractivity contribution in [3.63, 3.8) is 0 Å². The smallest absolute Gasteiger partial charge is 0.340 e. The van der Waals surface area contributed by atoms with Gasteiger partial charge in [-0.25, -0.2) is 14.2 Å². The van der Waals surface area contributed by atoms with E-state index in [-0.39, 0.29) is 17.1 Å². The van der Waals surface area contributed by atoms with E-state index in [1.54, 1.807) is 12.1 Å². The lowest BCUT2D eigenvalue weighted by Crippen LogP contribution is -2.10. The number of esters is 1. The van der Waals surface area contributed by atoms with E-state index in [2.05, 4.69) is 15.0 Å². The van der Waals surface area contributed by atoms with Crippen LogP contribution in [0, 0.1) is 5.82 Å². The summed E-state index contributed by atoms with van der Waals surface area (Å²) in [5, 5.41) is 3.00. The van der Waals surface area contributed by atoms with Gasteiger partial charge in [-0.1, -0.05) is 12.1 Å². The Bertz CT molecular complexity index is 614. The number of benzene rings is 1. The second-order valence-corrected chi connectivity index (χ2v) is 4.09. The van der Waals surface area contributed by atoms with Crippen LogP contribution in [0.3, 0.4) is 0 Å². The number of methoxy groups -OCH3 is 1. The Morgan fingerprint density at radius 2 is 2.05 bits per heavy atom. The maximum atomic E-state index is 12.8. The summed E-state index contributed by atoms with van der Waals surface area (Å²) in [7, 11) is 1.29. The number of pyridine rings is 1. The summed E-state index contributed by atoms with van der Waals surface area (Å²) in [6.07, 6.45) is 1.47. The first-order valence-corrected chi connectivity index (χ1v) is 5.93. The van der Waals surface area contributed by atoms with E-state index in [4.69, 9.17) is 5.73 Å². The standard InChI is InChI=1S/C14H14FN3O2/c1-20-14(19)11-6-7-17-13(12(11)16)18-8-9-2-4-10(15)5-3-9/h2-7H,8,16H2,1H3,(H,17,18). The van der Waals surface area contributed by atoms with E-state index in [1.165, 1.54) is 31.5 Å². The number of carbonyl (C=O) groups excluding carboxylic acids is 1. The Balaban J connectivity index is 2.13. The maximum Gasteiger partial charge on any atom is 0.340 e. The molecule has 2 rings (SSSR count). The minimum Gasteiger partial charge on any atom is -0.465 e. The molecule has 0 saturated heterocycles. The monoisotopic (exact) mass is 275 g/mol. The summed E-state index contributed by atoms with van der Waals surface area (Å²) < 4.78 is 17.4. The van der Waals surface area contributed by atoms with Gasteiger partial charge in [0, 0.05) is 12.7 Å². The van der Waals surface area contributed by atoms with Gasteiger partial charge in [-0.15, -0.1) is 0 Å². The van der Waals surface area contributed by atoms with Crippen molar-refractivity contribution in [3.05, 3.63) is 53.5 Å². The van der Waals surface area contributed by atoms with Crippen molar-refractivity contribution in [2.45, 2.75) is 6.54 Å². The molecule has 0 aliphatic heterocycles. The fourth-order valence-electron chi connectivity index (χ4n) is 1.69. The molecule has 2 aromatic rings. The lowest BCUT2D eigenvalue weighted by atomic mass is 10.2. The number of aromatic nitrogens is 1. The highest BCUT2D eigenvalue weighted by atomic mass is 19.1. The van der Waals surface area contributed by atoms with Crippen molar-refractivity contribution in [2.75, 3.05) is 18.2 Å². The molecular weight excluding hydrogens is 261 g/mol. The van der Waals surface area contributed by atoms with Crippen LogP contribution in [0.5, 0.6) is 0 Å². The molecule has 0 amide bonds. The van der Waals surface area contributed by atoms with Gasteiger partial charge in [-0.05, 0) is 23.8 Å². The van der Waals surface area contributed by atoms with E-state index >= 15 is 0 Å². The molecule has 3 N–H and O–H groups in total. The van der Waals surface area contributed by atoms with Gasteiger partial charge in [0.15, 0.2) is 0 Å². The first-order valence-electron chi connectivity index (χ1n) is 5.93. The molecule has 6 heteroatoms. The van der Waals surface area contributed by atoms with Gasteiger partial charge in [-0.2, -0.15) is 0 Å². The Morgan fingerprint density at radius 1 is 1.35 bits per heavy atom. The molecule has 1 heterocycles. The highest BCUT2D eigenvalue weighted by molar-refractivity contribution is 5.97. The van der Waals surface area contributed by atoms with E-state index in [0.29, 0.717) is 12.4 Å². The predicted octanol–water partition coefficient (Wildman–Crippen LogP) is 2.20. The van der Waals surface area contributed by atoms with Crippen molar-refractivity contribution in [3.8, 4) is 0 Å². The van der Waals surface area contributed by atoms with Crippen LogP contribution >= 0.6 is 0 Å². The van der Waals surface area contributed by atoms with Crippen LogP contribution in [0.2, 0.25) is 0 Å². The lowest BCUT2D eigenvalue weighted by molar-refractivity contribution is 0.0602. The summed E-state index contributed by atoms with van der Waals surface area (Å²) in [6, 6.07) is 7.55. The molecule has 0 atom stereocenters. The lowest BCUT2D eigenvalue weighted by Gasteiger charge is -2.10. The van der Waals surface area contributed by atoms with E-state index in [0.717, 1.165) is 5.56 Å². The van der Waals surface area contributed by atoms with Crippen molar-refractivity contribution in [1.29, 1.82) is 0 Å². The molecule has 0 saturated carbocycles. The first kappa shape index (κ1) is 13.8. The fourth-order valence-corrected chi connectivity index (χ4v) is 1.69. The zero-order chi connectivity index (χ0) is 14.5. The van der Waals surface area contributed by atoms with Crippen LogP contribution in [0.15, 0.2) is 36.5 Å². The van der Waals surface area contributed by atoms with E-state index in [1.807, 2.05) is 0 Å². The van der Waals surface area contributed by atoms with Gasteiger partial charge >= 0.3 is 5.97 Å². The van der Waals surface area contributed by atoms with Gasteiger partial charge < -0.3 is 15.8 Å². The summed E-state index contributed by atoms with van der Waals surface area (Å²) in [4.78, 5) is 15.6. The number of anilines is 2. The average Bonchev–Trinajstić information content (AvgIpc) is 2.47. The molecular formula is C14H14FN3O2. The molecule has 0 bridgehead atoms. The minimum atomic E-state index is -0.519. The molecule has 20 heavy (non-hydrogen) atoms. The van der Waals surface area contributed by atoms with Crippen molar-refractivity contribution in [2.24, 2.45) is 0 Å². The topological polar surface area (TPSA) is 77.2 Å². The molecule has 5 nitrogen and oxygen atoms in total. The zero-order valence-corrected chi connectivity index (χ0v) is 10.9. The number of ether oxygens (including phenoxy) is 1. The Morgan fingerprint density at radius 3 is 2.70 bits per heavy atom. The predicted molar refractivity (Wildman–Crippen MR) is 73.7 cm³/mol. The first-order chi connectivity index (χ1) is 9.61. The third-order valence-electron chi connectivity index (χ3n) is 2.77. The maximum absolute atomic E-state index is 12.8. The van der Waals surface area contributed by atoms with Crippen molar-refractivity contribution < 1.29 is 13.9 Å². The van der Waals surface area contributed by atoms with E-state index in [9.17, 15) is 9.18 Å². The summed E-state index contributed by atoms with van der Waals surface area (Å²) >= 11 is 0. The van der Waals surface area contributed by atoms with Crippen molar-refractivity contribution >= 4 is 17.5 Å². The number of nitrogens with two attached hydrogens (primary N) is 1. The number of nitrogen functional groups attached to an aromatic ring is 1. The zero-order valence-electron chi connectivity index (χ0n) is 10.9. The summed E-state index contributed by atoms with van der Waals surface area (Å²) in [6.45, 7) is 0.419. The molecule has 1 aromatic carbocycles. The van der Waals surface area contributed by atoms with Gasteiger partial charge in [0.1, 0.15) is 11.6 Å². The Hall–Kier alpha value is -2.63. The molecule has 1 aromatic heterocycles. The number of halogens is 1. The molecule has 0 fully saturated rings. The van der Waals surface area contributed by atoms with Crippen LogP contribution in [0.1, 0.15) is 15.9 Å². The van der Waals surface area contributed by atoms with Gasteiger partial charge in [0.2, 0.25) is 0 Å². The second kappa shape index (κ2) is 6.01. The normalized spacial score (nSPS) is 10.1. The van der Waals surface area contributed by atoms with Gasteiger partial charge in [-0.3, -0.25) is 0 Å². The summed E-state index contributed by atoms with van der Waals surface area (Å²) in [5.41, 5.74) is 7.21. The third kappa shape index (κ3) is 3.03. The van der Waals surface area contributed by atoms with Crippen LogP contribution in [-0.4, -0.2) is 18.1 Å². The van der Waals surface area contributed by atoms with Crippen LogP contribution < -0.4 is 11.1 Å².